The molecule has 2 aliphatic heterocycles. The van der Waals surface area contributed by atoms with Gasteiger partial charge in [0.2, 0.25) is 0 Å². The van der Waals surface area contributed by atoms with Crippen molar-refractivity contribution in [3.8, 4) is 0 Å². The van der Waals surface area contributed by atoms with Crippen molar-refractivity contribution >= 4 is 11.9 Å². The lowest BCUT2D eigenvalue weighted by Gasteiger charge is -2.30. The zero-order chi connectivity index (χ0) is 12.6. The Bertz CT molecular complexity index is 332. The second-order valence-electron chi connectivity index (χ2n) is 5.99. The molecule has 0 saturated carbocycles. The molecular weight excluding hydrogens is 218 g/mol. The number of amides is 1. The summed E-state index contributed by atoms with van der Waals surface area (Å²) < 4.78 is 5.40. The number of carbonyl (C=O) groups excluding carboxylic acids is 2. The van der Waals surface area contributed by atoms with Crippen LogP contribution in [-0.4, -0.2) is 34.5 Å². The molecule has 0 aromatic rings. The summed E-state index contributed by atoms with van der Waals surface area (Å²) >= 11 is 0. The molecule has 0 N–H and O–H groups in total. The molecule has 0 radical (unpaired) electrons. The fourth-order valence-corrected chi connectivity index (χ4v) is 2.75. The number of ketones is 1. The zero-order valence-electron chi connectivity index (χ0n) is 10.9. The predicted octanol–water partition coefficient (Wildman–Crippen LogP) is 2.51. The van der Waals surface area contributed by atoms with E-state index in [1.807, 2.05) is 20.8 Å². The number of fused-ring (bicyclic) bond motifs is 2. The Morgan fingerprint density at radius 1 is 1.29 bits per heavy atom. The van der Waals surface area contributed by atoms with E-state index in [0.29, 0.717) is 6.42 Å². The van der Waals surface area contributed by atoms with Crippen LogP contribution in [0.2, 0.25) is 0 Å². The van der Waals surface area contributed by atoms with Crippen LogP contribution >= 0.6 is 0 Å². The maximum atomic E-state index is 12.1. The quantitative estimate of drug-likeness (QED) is 0.652. The van der Waals surface area contributed by atoms with Gasteiger partial charge in [-0.1, -0.05) is 0 Å². The molecule has 2 fully saturated rings. The first-order valence-electron chi connectivity index (χ1n) is 6.42. The lowest BCUT2D eigenvalue weighted by atomic mass is 10.0. The lowest BCUT2D eigenvalue weighted by molar-refractivity contribution is -0.123. The molecule has 1 amide bonds. The summed E-state index contributed by atoms with van der Waals surface area (Å²) in [5.74, 6) is 0.204. The van der Waals surface area contributed by atoms with Gasteiger partial charge in [-0.15, -0.1) is 0 Å². The Morgan fingerprint density at radius 2 is 2.00 bits per heavy atom. The second kappa shape index (κ2) is 4.31. The van der Waals surface area contributed by atoms with Crippen LogP contribution in [-0.2, 0) is 9.53 Å². The van der Waals surface area contributed by atoms with Crippen molar-refractivity contribution in [3.63, 3.8) is 0 Å². The number of Topliss-reactive ketones (excluding diaryl/α,β-unsaturated/α-hetero) is 1. The summed E-state index contributed by atoms with van der Waals surface area (Å²) in [6.07, 6.45) is 3.87. The van der Waals surface area contributed by atoms with Crippen molar-refractivity contribution in [2.75, 3.05) is 0 Å². The predicted molar refractivity (Wildman–Crippen MR) is 63.7 cm³/mol. The zero-order valence-corrected chi connectivity index (χ0v) is 10.9. The van der Waals surface area contributed by atoms with Gasteiger partial charge in [0.25, 0.3) is 0 Å². The smallest absolute Gasteiger partial charge is 0.411 e. The molecular formula is C13H21NO3. The molecule has 0 spiro atoms. The van der Waals surface area contributed by atoms with Crippen molar-refractivity contribution in [1.82, 2.24) is 4.90 Å². The third kappa shape index (κ3) is 2.61. The fourth-order valence-electron chi connectivity index (χ4n) is 2.75. The normalized spacial score (nSPS) is 29.1. The minimum absolute atomic E-state index is 0.204. The Kier molecular flexibility index (Phi) is 3.15. The molecule has 2 aliphatic rings. The Balaban J connectivity index is 2.13. The highest BCUT2D eigenvalue weighted by Crippen LogP contribution is 2.33. The average molecular weight is 239 g/mol. The van der Waals surface area contributed by atoms with E-state index < -0.39 is 5.60 Å². The molecule has 0 unspecified atom stereocenters. The first kappa shape index (κ1) is 12.4. The molecule has 2 atom stereocenters. The summed E-state index contributed by atoms with van der Waals surface area (Å²) in [4.78, 5) is 25.7. The Labute approximate surface area is 102 Å². The molecule has 0 aromatic heterocycles. The maximum absolute atomic E-state index is 12.1. The molecule has 96 valence electrons. The van der Waals surface area contributed by atoms with Crippen LogP contribution in [0.3, 0.4) is 0 Å². The molecule has 2 saturated heterocycles. The van der Waals surface area contributed by atoms with Crippen LogP contribution in [0.1, 0.15) is 52.9 Å². The van der Waals surface area contributed by atoms with Crippen molar-refractivity contribution in [2.45, 2.75) is 70.6 Å². The minimum Gasteiger partial charge on any atom is -0.444 e. The van der Waals surface area contributed by atoms with Crippen molar-refractivity contribution in [3.05, 3.63) is 0 Å². The Hall–Kier alpha value is -1.06. The topological polar surface area (TPSA) is 46.6 Å². The van der Waals surface area contributed by atoms with Crippen molar-refractivity contribution < 1.29 is 14.3 Å². The summed E-state index contributed by atoms with van der Waals surface area (Å²) in [5.41, 5.74) is -0.494. The highest BCUT2D eigenvalue weighted by Gasteiger charge is 2.43. The highest BCUT2D eigenvalue weighted by molar-refractivity contribution is 5.88. The van der Waals surface area contributed by atoms with E-state index in [4.69, 9.17) is 4.74 Å². The van der Waals surface area contributed by atoms with Gasteiger partial charge in [-0.25, -0.2) is 4.79 Å². The number of hydrogen-bond acceptors (Lipinski definition) is 3. The molecule has 0 aliphatic carbocycles. The molecule has 0 aromatic carbocycles. The third-order valence-corrected chi connectivity index (χ3v) is 3.44. The van der Waals surface area contributed by atoms with Gasteiger partial charge in [0, 0.05) is 12.5 Å². The van der Waals surface area contributed by atoms with Gasteiger partial charge in [0.15, 0.2) is 5.78 Å². The standard InChI is InChI=1S/C13H21NO3/c1-13(2,3)17-12(16)14-9-5-4-6-11(15)10(14)8-7-9/h9-10H,4-8H2,1-3H3/t9-,10+/m1/s1. The monoisotopic (exact) mass is 239 g/mol. The van der Waals surface area contributed by atoms with E-state index in [1.54, 1.807) is 4.90 Å². The van der Waals surface area contributed by atoms with E-state index in [2.05, 4.69) is 0 Å². The number of rotatable bonds is 0. The summed E-state index contributed by atoms with van der Waals surface area (Å²) in [7, 11) is 0. The summed E-state index contributed by atoms with van der Waals surface area (Å²) in [6.45, 7) is 5.56. The van der Waals surface area contributed by atoms with E-state index >= 15 is 0 Å². The summed E-state index contributed by atoms with van der Waals surface area (Å²) in [5, 5.41) is 0. The van der Waals surface area contributed by atoms with E-state index in [0.717, 1.165) is 25.7 Å². The molecule has 17 heavy (non-hydrogen) atoms. The maximum Gasteiger partial charge on any atom is 0.411 e. The number of nitrogens with zero attached hydrogens (tertiary/aromatic N) is 1. The van der Waals surface area contributed by atoms with Crippen LogP contribution < -0.4 is 0 Å². The van der Waals surface area contributed by atoms with Crippen LogP contribution in [0.15, 0.2) is 0 Å². The van der Waals surface area contributed by atoms with Gasteiger partial charge in [0.1, 0.15) is 5.60 Å². The van der Waals surface area contributed by atoms with Crippen LogP contribution in [0.4, 0.5) is 4.79 Å². The fraction of sp³-hybridized carbons (Fsp3) is 0.846. The van der Waals surface area contributed by atoms with Crippen molar-refractivity contribution in [2.24, 2.45) is 0 Å². The SMILES string of the molecule is CC(C)(C)OC(=O)N1[C@@H]2CCCC(=O)[C@@H]1CC2. The van der Waals surface area contributed by atoms with E-state index in [-0.39, 0.29) is 24.0 Å². The van der Waals surface area contributed by atoms with Gasteiger partial charge < -0.3 is 4.74 Å². The molecule has 4 heteroatoms. The highest BCUT2D eigenvalue weighted by atomic mass is 16.6. The van der Waals surface area contributed by atoms with Crippen LogP contribution in [0.25, 0.3) is 0 Å². The lowest BCUT2D eigenvalue weighted by Crippen LogP contribution is -2.45. The van der Waals surface area contributed by atoms with Gasteiger partial charge in [-0.3, -0.25) is 9.69 Å². The average Bonchev–Trinajstić information content (AvgIpc) is 2.50. The summed E-state index contributed by atoms with van der Waals surface area (Å²) in [6, 6.07) is -0.0151. The number of ether oxygens (including phenoxy) is 1. The van der Waals surface area contributed by atoms with Gasteiger partial charge in [0.05, 0.1) is 6.04 Å². The largest absolute Gasteiger partial charge is 0.444 e. The molecule has 2 rings (SSSR count). The van der Waals surface area contributed by atoms with Gasteiger partial charge >= 0.3 is 6.09 Å². The minimum atomic E-state index is -0.494. The van der Waals surface area contributed by atoms with Crippen LogP contribution in [0.5, 0.6) is 0 Å². The third-order valence-electron chi connectivity index (χ3n) is 3.44. The molecule has 2 bridgehead atoms. The molecule has 4 nitrogen and oxygen atoms in total. The van der Waals surface area contributed by atoms with Gasteiger partial charge in [-0.2, -0.15) is 0 Å². The number of hydrogen-bond donors (Lipinski definition) is 0. The Morgan fingerprint density at radius 3 is 2.65 bits per heavy atom. The van der Waals surface area contributed by atoms with E-state index in [9.17, 15) is 9.59 Å². The van der Waals surface area contributed by atoms with E-state index in [1.165, 1.54) is 0 Å². The second-order valence-corrected chi connectivity index (χ2v) is 5.99. The first-order valence-corrected chi connectivity index (χ1v) is 6.42. The molecule has 2 heterocycles. The van der Waals surface area contributed by atoms with Crippen LogP contribution in [0, 0.1) is 0 Å². The number of carbonyl (C=O) groups is 2. The van der Waals surface area contributed by atoms with Crippen molar-refractivity contribution in [1.29, 1.82) is 0 Å². The first-order chi connectivity index (χ1) is 7.88. The van der Waals surface area contributed by atoms with Gasteiger partial charge in [-0.05, 0) is 46.5 Å².